The van der Waals surface area contributed by atoms with Crippen LogP contribution in [0.2, 0.25) is 10.0 Å². The van der Waals surface area contributed by atoms with E-state index in [1.807, 2.05) is 30.3 Å². The number of fused-ring (bicyclic) bond motifs is 1. The minimum Gasteiger partial charge on any atom is -0.329 e. The van der Waals surface area contributed by atoms with Gasteiger partial charge < -0.3 is 4.90 Å². The molecular weight excluding hydrogens is 585 g/mol. The van der Waals surface area contributed by atoms with Gasteiger partial charge >= 0.3 is 0 Å². The Labute approximate surface area is 250 Å². The van der Waals surface area contributed by atoms with Crippen molar-refractivity contribution < 1.29 is 22.8 Å². The van der Waals surface area contributed by atoms with Gasteiger partial charge in [0.2, 0.25) is 10.0 Å². The van der Waals surface area contributed by atoms with Gasteiger partial charge in [0.25, 0.3) is 11.8 Å². The van der Waals surface area contributed by atoms with Crippen LogP contribution in [0.5, 0.6) is 0 Å². The Morgan fingerprint density at radius 1 is 1.00 bits per heavy atom. The fourth-order valence-electron chi connectivity index (χ4n) is 5.81. The molecule has 5 rings (SSSR count). The van der Waals surface area contributed by atoms with E-state index in [4.69, 9.17) is 28.0 Å². The molecule has 2 aliphatic rings. The highest BCUT2D eigenvalue weighted by Crippen LogP contribution is 2.46. The van der Waals surface area contributed by atoms with Gasteiger partial charge in [-0.2, -0.15) is 4.31 Å². The van der Waals surface area contributed by atoms with Crippen molar-refractivity contribution in [2.24, 2.45) is 0 Å². The lowest BCUT2D eigenvalue weighted by molar-refractivity contribution is -0.138. The van der Waals surface area contributed by atoms with Gasteiger partial charge in [-0.15, -0.1) is 0 Å². The van der Waals surface area contributed by atoms with Crippen LogP contribution in [0.4, 0.5) is 0 Å². The number of amides is 2. The van der Waals surface area contributed by atoms with Crippen LogP contribution in [0.25, 0.3) is 0 Å². The Kier molecular flexibility index (Phi) is 9.01. The summed E-state index contributed by atoms with van der Waals surface area (Å²) in [4.78, 5) is 35.2. The third-order valence-corrected chi connectivity index (χ3v) is 9.56. The Bertz CT molecular complexity index is 1540. The molecule has 8 nitrogen and oxygen atoms in total. The fourth-order valence-corrected chi connectivity index (χ4v) is 7.51. The van der Waals surface area contributed by atoms with Crippen molar-refractivity contribution in [3.05, 3.63) is 105 Å². The van der Waals surface area contributed by atoms with Crippen molar-refractivity contribution >= 4 is 45.0 Å². The predicted octanol–water partition coefficient (Wildman–Crippen LogP) is 5.34. The van der Waals surface area contributed by atoms with Gasteiger partial charge in [-0.25, -0.2) is 13.9 Å². The molecule has 1 saturated heterocycles. The maximum absolute atomic E-state index is 14.1. The standard InChI is InChI=1S/C30H31Cl2N3O5S/c1-41(38,39)35-16-8-7-11-22(35)18-34-28(25-15-14-21(31)17-26(25)32)27(23-12-5-6-13-24(23)30(34)37)29(36)33-40-19-20-9-3-2-4-10-20/h2-6,9-10,12-15,17,22,27-28H,7-8,11,16,18-19H2,1H3,(H,33,36). The molecule has 216 valence electrons. The Hall–Kier alpha value is -2.95. The van der Waals surface area contributed by atoms with E-state index in [1.165, 1.54) is 10.6 Å². The van der Waals surface area contributed by atoms with E-state index in [0.29, 0.717) is 39.7 Å². The van der Waals surface area contributed by atoms with E-state index in [9.17, 15) is 18.0 Å². The molecule has 0 spiro atoms. The number of hydroxylamine groups is 1. The molecule has 2 amide bonds. The lowest BCUT2D eigenvalue weighted by Gasteiger charge is -2.45. The first-order valence-corrected chi connectivity index (χ1v) is 16.0. The molecule has 0 radical (unpaired) electrons. The molecule has 0 saturated carbocycles. The summed E-state index contributed by atoms with van der Waals surface area (Å²) < 4.78 is 26.8. The van der Waals surface area contributed by atoms with Crippen LogP contribution in [0, 0.1) is 0 Å². The first-order valence-electron chi connectivity index (χ1n) is 13.4. The molecule has 41 heavy (non-hydrogen) atoms. The predicted molar refractivity (Wildman–Crippen MR) is 158 cm³/mol. The lowest BCUT2D eigenvalue weighted by atomic mass is 9.79. The molecule has 0 aliphatic carbocycles. The van der Waals surface area contributed by atoms with Crippen molar-refractivity contribution in [2.45, 2.75) is 43.9 Å². The highest BCUT2D eigenvalue weighted by molar-refractivity contribution is 7.88. The maximum atomic E-state index is 14.1. The van der Waals surface area contributed by atoms with Crippen molar-refractivity contribution in [1.82, 2.24) is 14.7 Å². The van der Waals surface area contributed by atoms with E-state index in [1.54, 1.807) is 47.4 Å². The van der Waals surface area contributed by atoms with Crippen molar-refractivity contribution in [3.63, 3.8) is 0 Å². The van der Waals surface area contributed by atoms with Crippen LogP contribution < -0.4 is 5.48 Å². The molecule has 1 fully saturated rings. The van der Waals surface area contributed by atoms with Gasteiger partial charge in [0.15, 0.2) is 0 Å². The van der Waals surface area contributed by atoms with E-state index in [0.717, 1.165) is 18.4 Å². The fraction of sp³-hybridized carbons (Fsp3) is 0.333. The average Bonchev–Trinajstić information content (AvgIpc) is 2.95. The Balaban J connectivity index is 1.56. The quantitative estimate of drug-likeness (QED) is 0.345. The molecule has 1 N–H and O–H groups in total. The second-order valence-corrected chi connectivity index (χ2v) is 13.2. The number of hydrogen-bond donors (Lipinski definition) is 1. The van der Waals surface area contributed by atoms with E-state index < -0.39 is 33.9 Å². The number of carbonyl (C=O) groups excluding carboxylic acids is 2. The van der Waals surface area contributed by atoms with Crippen LogP contribution in [0.15, 0.2) is 72.8 Å². The number of rotatable bonds is 8. The highest BCUT2D eigenvalue weighted by Gasteiger charge is 2.46. The molecule has 3 unspecified atom stereocenters. The number of sulfonamides is 1. The van der Waals surface area contributed by atoms with E-state index in [-0.39, 0.29) is 19.1 Å². The third kappa shape index (κ3) is 6.44. The molecule has 11 heteroatoms. The normalized spacial score (nSPS) is 21.4. The number of carbonyl (C=O) groups is 2. The van der Waals surface area contributed by atoms with E-state index in [2.05, 4.69) is 5.48 Å². The van der Waals surface area contributed by atoms with Gasteiger partial charge in [-0.1, -0.05) is 84.2 Å². The number of nitrogens with zero attached hydrogens (tertiary/aromatic N) is 2. The zero-order valence-corrected chi connectivity index (χ0v) is 24.8. The zero-order valence-electron chi connectivity index (χ0n) is 22.5. The minimum absolute atomic E-state index is 0.0957. The number of hydrogen-bond acceptors (Lipinski definition) is 5. The summed E-state index contributed by atoms with van der Waals surface area (Å²) in [7, 11) is -3.52. The lowest BCUT2D eigenvalue weighted by Crippen LogP contribution is -2.54. The molecule has 3 aromatic carbocycles. The average molecular weight is 617 g/mol. The largest absolute Gasteiger partial charge is 0.329 e. The zero-order chi connectivity index (χ0) is 29.1. The smallest absolute Gasteiger partial charge is 0.254 e. The topological polar surface area (TPSA) is 96.0 Å². The van der Waals surface area contributed by atoms with Gasteiger partial charge in [0, 0.05) is 34.7 Å². The summed E-state index contributed by atoms with van der Waals surface area (Å²) in [5, 5.41) is 0.710. The van der Waals surface area contributed by atoms with Crippen molar-refractivity contribution in [1.29, 1.82) is 0 Å². The van der Waals surface area contributed by atoms with Crippen LogP contribution in [0.1, 0.15) is 58.3 Å². The number of halogens is 2. The first kappa shape index (κ1) is 29.5. The van der Waals surface area contributed by atoms with Gasteiger partial charge in [-0.3, -0.25) is 14.4 Å². The summed E-state index contributed by atoms with van der Waals surface area (Å²) in [5.74, 6) is -1.65. The van der Waals surface area contributed by atoms with Crippen LogP contribution in [-0.4, -0.2) is 54.8 Å². The summed E-state index contributed by atoms with van der Waals surface area (Å²) in [6, 6.07) is 20.1. The molecule has 3 atom stereocenters. The number of nitrogens with one attached hydrogen (secondary N) is 1. The number of piperidine rings is 1. The maximum Gasteiger partial charge on any atom is 0.254 e. The van der Waals surface area contributed by atoms with Crippen molar-refractivity contribution in [2.75, 3.05) is 19.3 Å². The Morgan fingerprint density at radius 2 is 1.73 bits per heavy atom. The van der Waals surface area contributed by atoms with Crippen LogP contribution >= 0.6 is 23.2 Å². The van der Waals surface area contributed by atoms with Crippen LogP contribution in [-0.2, 0) is 26.3 Å². The van der Waals surface area contributed by atoms with Gasteiger partial charge in [0.1, 0.15) is 0 Å². The molecule has 2 heterocycles. The molecule has 0 aromatic heterocycles. The summed E-state index contributed by atoms with van der Waals surface area (Å²) in [6.45, 7) is 0.631. The van der Waals surface area contributed by atoms with Crippen LogP contribution in [0.3, 0.4) is 0 Å². The van der Waals surface area contributed by atoms with Gasteiger partial charge in [0.05, 0.1) is 24.8 Å². The Morgan fingerprint density at radius 3 is 2.46 bits per heavy atom. The van der Waals surface area contributed by atoms with Crippen molar-refractivity contribution in [3.8, 4) is 0 Å². The second kappa shape index (κ2) is 12.5. The molecule has 2 aliphatic heterocycles. The number of benzene rings is 3. The molecular formula is C30H31Cl2N3O5S. The third-order valence-electron chi connectivity index (χ3n) is 7.66. The highest BCUT2D eigenvalue weighted by atomic mass is 35.5. The summed E-state index contributed by atoms with van der Waals surface area (Å²) in [6.07, 6.45) is 3.36. The SMILES string of the molecule is CS(=O)(=O)N1CCCCC1CN1C(=O)c2ccccc2C(C(=O)NOCc2ccccc2)C1c1ccc(Cl)cc1Cl. The molecule has 3 aromatic rings. The minimum atomic E-state index is -3.52. The molecule has 0 bridgehead atoms. The summed E-state index contributed by atoms with van der Waals surface area (Å²) >= 11 is 12.9. The second-order valence-electron chi connectivity index (χ2n) is 10.4. The van der Waals surface area contributed by atoms with Gasteiger partial charge in [-0.05, 0) is 47.7 Å². The monoisotopic (exact) mass is 615 g/mol. The first-order chi connectivity index (χ1) is 19.6. The van der Waals surface area contributed by atoms with E-state index >= 15 is 0 Å². The summed E-state index contributed by atoms with van der Waals surface area (Å²) in [5.41, 5.74) is 4.91.